The van der Waals surface area contributed by atoms with Crippen molar-refractivity contribution in [1.29, 1.82) is 0 Å². The van der Waals surface area contributed by atoms with Gasteiger partial charge < -0.3 is 5.32 Å². The van der Waals surface area contributed by atoms with Crippen LogP contribution in [0.1, 0.15) is 43.9 Å². The fraction of sp³-hybridized carbons (Fsp3) is 0.368. The van der Waals surface area contributed by atoms with E-state index in [1.54, 1.807) is 0 Å². The second kappa shape index (κ2) is 5.41. The molecule has 0 saturated carbocycles. The first kappa shape index (κ1) is 13.4. The molecular weight excluding hydrogens is 242 g/mol. The summed E-state index contributed by atoms with van der Waals surface area (Å²) >= 11 is 0. The van der Waals surface area contributed by atoms with E-state index in [-0.39, 0.29) is 0 Å². The van der Waals surface area contributed by atoms with Crippen molar-refractivity contribution in [3.63, 3.8) is 0 Å². The Morgan fingerprint density at radius 2 is 1.70 bits per heavy atom. The van der Waals surface area contributed by atoms with Gasteiger partial charge in [-0.15, -0.1) is 0 Å². The summed E-state index contributed by atoms with van der Waals surface area (Å²) in [6, 6.07) is 18.1. The Kier molecular flexibility index (Phi) is 3.62. The summed E-state index contributed by atoms with van der Waals surface area (Å²) in [6.45, 7) is 7.99. The van der Waals surface area contributed by atoms with Gasteiger partial charge in [0.15, 0.2) is 0 Å². The number of benzene rings is 2. The fourth-order valence-electron chi connectivity index (χ4n) is 3.22. The van der Waals surface area contributed by atoms with Crippen LogP contribution in [0.15, 0.2) is 48.5 Å². The third-order valence-corrected chi connectivity index (χ3v) is 4.37. The molecule has 1 N–H and O–H groups in total. The number of rotatable bonds is 2. The molecule has 2 unspecified atom stereocenters. The van der Waals surface area contributed by atoms with Crippen LogP contribution in [0.3, 0.4) is 0 Å². The van der Waals surface area contributed by atoms with Crippen LogP contribution in [-0.4, -0.2) is 6.54 Å². The molecule has 1 heteroatoms. The molecule has 20 heavy (non-hydrogen) atoms. The molecule has 0 amide bonds. The predicted molar refractivity (Wildman–Crippen MR) is 85.9 cm³/mol. The Hall–Kier alpha value is -1.60. The lowest BCUT2D eigenvalue weighted by Gasteiger charge is -2.34. The quantitative estimate of drug-likeness (QED) is 0.825. The van der Waals surface area contributed by atoms with Gasteiger partial charge in [0, 0.05) is 12.6 Å². The van der Waals surface area contributed by atoms with E-state index in [2.05, 4.69) is 74.6 Å². The first-order valence-corrected chi connectivity index (χ1v) is 7.59. The van der Waals surface area contributed by atoms with E-state index in [0.717, 1.165) is 6.54 Å². The largest absolute Gasteiger partial charge is 0.309 e. The predicted octanol–water partition coefficient (Wildman–Crippen LogP) is 4.76. The standard InChI is InChI=1S/C19H23N/c1-13(2)19-18-11-16(15-7-5-4-6-8-15)9-10-17(18)14(3)12-20-19/h4-11,13-14,19-20H,12H2,1-3H3. The molecule has 1 heterocycles. The molecule has 2 atom stereocenters. The van der Waals surface area contributed by atoms with Gasteiger partial charge in [-0.2, -0.15) is 0 Å². The van der Waals surface area contributed by atoms with E-state index >= 15 is 0 Å². The molecule has 0 fully saturated rings. The minimum atomic E-state index is 0.477. The van der Waals surface area contributed by atoms with Crippen molar-refractivity contribution in [2.75, 3.05) is 6.54 Å². The van der Waals surface area contributed by atoms with Gasteiger partial charge in [-0.1, -0.05) is 63.2 Å². The highest BCUT2D eigenvalue weighted by molar-refractivity contribution is 5.65. The van der Waals surface area contributed by atoms with Crippen molar-refractivity contribution in [2.24, 2.45) is 5.92 Å². The minimum Gasteiger partial charge on any atom is -0.309 e. The Bertz CT molecular complexity index is 586. The Morgan fingerprint density at radius 3 is 2.40 bits per heavy atom. The Labute approximate surface area is 122 Å². The second-order valence-corrected chi connectivity index (χ2v) is 6.24. The van der Waals surface area contributed by atoms with Gasteiger partial charge in [0.2, 0.25) is 0 Å². The molecule has 104 valence electrons. The first-order chi connectivity index (χ1) is 9.66. The molecule has 0 aromatic heterocycles. The highest BCUT2D eigenvalue weighted by atomic mass is 14.9. The van der Waals surface area contributed by atoms with E-state index in [9.17, 15) is 0 Å². The first-order valence-electron chi connectivity index (χ1n) is 7.59. The van der Waals surface area contributed by atoms with E-state index in [0.29, 0.717) is 17.9 Å². The zero-order chi connectivity index (χ0) is 14.1. The molecule has 0 saturated heterocycles. The van der Waals surface area contributed by atoms with Crippen molar-refractivity contribution >= 4 is 0 Å². The van der Waals surface area contributed by atoms with E-state index in [1.165, 1.54) is 22.3 Å². The van der Waals surface area contributed by atoms with Gasteiger partial charge in [-0.25, -0.2) is 0 Å². The molecule has 2 aromatic rings. The topological polar surface area (TPSA) is 12.0 Å². The van der Waals surface area contributed by atoms with E-state index in [4.69, 9.17) is 0 Å². The molecule has 2 aromatic carbocycles. The molecule has 0 bridgehead atoms. The third kappa shape index (κ3) is 2.38. The number of fused-ring (bicyclic) bond motifs is 1. The third-order valence-electron chi connectivity index (χ3n) is 4.37. The fourth-order valence-corrected chi connectivity index (χ4v) is 3.22. The molecule has 0 radical (unpaired) electrons. The Balaban J connectivity index is 2.08. The van der Waals surface area contributed by atoms with Crippen molar-refractivity contribution in [3.05, 3.63) is 59.7 Å². The average Bonchev–Trinajstić information content (AvgIpc) is 2.48. The van der Waals surface area contributed by atoms with Crippen LogP contribution in [0.5, 0.6) is 0 Å². The van der Waals surface area contributed by atoms with Gasteiger partial charge in [0.05, 0.1) is 0 Å². The summed E-state index contributed by atoms with van der Waals surface area (Å²) in [6.07, 6.45) is 0. The summed E-state index contributed by atoms with van der Waals surface area (Å²) in [7, 11) is 0. The monoisotopic (exact) mass is 265 g/mol. The smallest absolute Gasteiger partial charge is 0.0346 e. The van der Waals surface area contributed by atoms with Crippen LogP contribution >= 0.6 is 0 Å². The van der Waals surface area contributed by atoms with Crippen LogP contribution in [0.4, 0.5) is 0 Å². The molecular formula is C19H23N. The molecule has 1 aliphatic rings. The van der Waals surface area contributed by atoms with Crippen molar-refractivity contribution < 1.29 is 0 Å². The van der Waals surface area contributed by atoms with Gasteiger partial charge >= 0.3 is 0 Å². The number of nitrogens with one attached hydrogen (secondary N) is 1. The van der Waals surface area contributed by atoms with Crippen molar-refractivity contribution in [1.82, 2.24) is 5.32 Å². The van der Waals surface area contributed by atoms with Crippen molar-refractivity contribution in [2.45, 2.75) is 32.7 Å². The minimum absolute atomic E-state index is 0.477. The number of hydrogen-bond donors (Lipinski definition) is 1. The summed E-state index contributed by atoms with van der Waals surface area (Å²) < 4.78 is 0. The van der Waals surface area contributed by atoms with Crippen LogP contribution in [0, 0.1) is 5.92 Å². The van der Waals surface area contributed by atoms with Gasteiger partial charge in [0.25, 0.3) is 0 Å². The summed E-state index contributed by atoms with van der Waals surface area (Å²) in [4.78, 5) is 0. The van der Waals surface area contributed by atoms with Crippen molar-refractivity contribution in [3.8, 4) is 11.1 Å². The lowest BCUT2D eigenvalue weighted by Crippen LogP contribution is -2.34. The molecule has 0 aliphatic carbocycles. The summed E-state index contributed by atoms with van der Waals surface area (Å²) in [5.74, 6) is 1.22. The van der Waals surface area contributed by atoms with Gasteiger partial charge in [0.1, 0.15) is 0 Å². The van der Waals surface area contributed by atoms with Gasteiger partial charge in [-0.3, -0.25) is 0 Å². The maximum atomic E-state index is 3.70. The summed E-state index contributed by atoms with van der Waals surface area (Å²) in [5.41, 5.74) is 5.63. The number of hydrogen-bond acceptors (Lipinski definition) is 1. The lowest BCUT2D eigenvalue weighted by molar-refractivity contribution is 0.376. The van der Waals surface area contributed by atoms with Gasteiger partial charge in [-0.05, 0) is 40.2 Å². The highest BCUT2D eigenvalue weighted by Crippen LogP contribution is 2.36. The zero-order valence-electron chi connectivity index (χ0n) is 12.6. The van der Waals surface area contributed by atoms with E-state index in [1.807, 2.05) is 0 Å². The van der Waals surface area contributed by atoms with E-state index < -0.39 is 0 Å². The zero-order valence-corrected chi connectivity index (χ0v) is 12.6. The highest BCUT2D eigenvalue weighted by Gasteiger charge is 2.26. The SMILES string of the molecule is CC1CNC(C(C)C)c2cc(-c3ccccc3)ccc21. The maximum Gasteiger partial charge on any atom is 0.0346 e. The Morgan fingerprint density at radius 1 is 0.950 bits per heavy atom. The lowest BCUT2D eigenvalue weighted by atomic mass is 9.82. The molecule has 1 nitrogen and oxygen atoms in total. The maximum absolute atomic E-state index is 3.70. The molecule has 3 rings (SSSR count). The molecule has 1 aliphatic heterocycles. The second-order valence-electron chi connectivity index (χ2n) is 6.24. The van der Waals surface area contributed by atoms with Crippen LogP contribution < -0.4 is 5.32 Å². The van der Waals surface area contributed by atoms with Crippen LogP contribution in [-0.2, 0) is 0 Å². The average molecular weight is 265 g/mol. The summed E-state index contributed by atoms with van der Waals surface area (Å²) in [5, 5.41) is 3.70. The van der Waals surface area contributed by atoms with Crippen LogP contribution in [0.25, 0.3) is 11.1 Å². The molecule has 0 spiro atoms. The normalized spacial score (nSPS) is 21.8. The van der Waals surface area contributed by atoms with Crippen LogP contribution in [0.2, 0.25) is 0 Å².